The zero-order valence-electron chi connectivity index (χ0n) is 10.4. The number of nitrogens with two attached hydrogens (primary N) is 1. The molecule has 1 saturated carbocycles. The minimum Gasteiger partial charge on any atom is -0.399 e. The van der Waals surface area contributed by atoms with Crippen LogP contribution in [-0.2, 0) is 4.79 Å². The summed E-state index contributed by atoms with van der Waals surface area (Å²) in [6.45, 7) is 0.414. The average Bonchev–Trinajstić information content (AvgIpc) is 3.12. The zero-order valence-corrected chi connectivity index (χ0v) is 10.4. The van der Waals surface area contributed by atoms with E-state index in [0.717, 1.165) is 24.2 Å². The van der Waals surface area contributed by atoms with Gasteiger partial charge in [0.25, 0.3) is 0 Å². The quantitative estimate of drug-likeness (QED) is 0.798. The number of hydrogen-bond acceptors (Lipinski definition) is 3. The van der Waals surface area contributed by atoms with Crippen LogP contribution in [0.15, 0.2) is 24.3 Å². The van der Waals surface area contributed by atoms with Crippen LogP contribution in [0, 0.1) is 0 Å². The Kier molecular flexibility index (Phi) is 3.22. The molecular formula is C13H19N3O. The highest BCUT2D eigenvalue weighted by Gasteiger charge is 2.29. The first kappa shape index (κ1) is 11.8. The predicted octanol–water partition coefficient (Wildman–Crippen LogP) is 1.33. The molecule has 4 heteroatoms. The number of carbonyl (C=O) groups excluding carboxylic acids is 1. The molecular weight excluding hydrogens is 214 g/mol. The molecule has 0 aliphatic heterocycles. The molecule has 1 aliphatic carbocycles. The number of carbonyl (C=O) groups is 1. The van der Waals surface area contributed by atoms with Crippen molar-refractivity contribution in [2.24, 2.45) is 0 Å². The molecule has 0 spiro atoms. The lowest BCUT2D eigenvalue weighted by molar-refractivity contribution is -0.128. The Labute approximate surface area is 102 Å². The van der Waals surface area contributed by atoms with Crippen LogP contribution in [0.3, 0.4) is 0 Å². The average molecular weight is 233 g/mol. The zero-order chi connectivity index (χ0) is 12.4. The lowest BCUT2D eigenvalue weighted by atomic mass is 10.2. The molecule has 0 radical (unpaired) electrons. The number of anilines is 2. The van der Waals surface area contributed by atoms with Crippen molar-refractivity contribution in [2.75, 3.05) is 31.3 Å². The fourth-order valence-electron chi connectivity index (χ4n) is 1.80. The second-order valence-electron chi connectivity index (χ2n) is 4.68. The molecule has 0 saturated heterocycles. The Morgan fingerprint density at radius 2 is 1.88 bits per heavy atom. The Bertz CT molecular complexity index is 398. The van der Waals surface area contributed by atoms with Crippen LogP contribution in [-0.4, -0.2) is 37.5 Å². The third kappa shape index (κ3) is 2.90. The summed E-state index contributed by atoms with van der Waals surface area (Å²) in [5.41, 5.74) is 7.38. The summed E-state index contributed by atoms with van der Waals surface area (Å²) in [6.07, 6.45) is 2.29. The van der Waals surface area contributed by atoms with Gasteiger partial charge in [0.15, 0.2) is 0 Å². The first-order valence-corrected chi connectivity index (χ1v) is 5.90. The second-order valence-corrected chi connectivity index (χ2v) is 4.68. The van der Waals surface area contributed by atoms with Gasteiger partial charge in [0.05, 0.1) is 6.54 Å². The Balaban J connectivity index is 1.93. The molecule has 0 bridgehead atoms. The topological polar surface area (TPSA) is 49.6 Å². The normalized spacial score (nSPS) is 14.5. The highest BCUT2D eigenvalue weighted by molar-refractivity contribution is 5.81. The van der Waals surface area contributed by atoms with Gasteiger partial charge in [-0.2, -0.15) is 0 Å². The molecule has 0 unspecified atom stereocenters. The van der Waals surface area contributed by atoms with Crippen LogP contribution in [0.4, 0.5) is 11.4 Å². The van der Waals surface area contributed by atoms with E-state index in [1.165, 1.54) is 0 Å². The van der Waals surface area contributed by atoms with Crippen molar-refractivity contribution in [3.05, 3.63) is 24.3 Å². The van der Waals surface area contributed by atoms with E-state index in [-0.39, 0.29) is 5.91 Å². The van der Waals surface area contributed by atoms with Gasteiger partial charge in [0, 0.05) is 31.5 Å². The van der Waals surface area contributed by atoms with E-state index in [9.17, 15) is 4.79 Å². The summed E-state index contributed by atoms with van der Waals surface area (Å²) in [7, 11) is 3.81. The Hall–Kier alpha value is -1.71. The molecule has 1 fully saturated rings. The van der Waals surface area contributed by atoms with Gasteiger partial charge in [-0.15, -0.1) is 0 Å². The van der Waals surface area contributed by atoms with Crippen molar-refractivity contribution in [1.82, 2.24) is 4.90 Å². The van der Waals surface area contributed by atoms with Crippen molar-refractivity contribution < 1.29 is 4.79 Å². The number of amides is 1. The molecule has 2 rings (SSSR count). The first-order chi connectivity index (χ1) is 8.08. The van der Waals surface area contributed by atoms with E-state index in [0.29, 0.717) is 12.6 Å². The van der Waals surface area contributed by atoms with Gasteiger partial charge in [0.2, 0.25) is 5.91 Å². The van der Waals surface area contributed by atoms with Crippen LogP contribution >= 0.6 is 0 Å². The molecule has 4 nitrogen and oxygen atoms in total. The molecule has 0 atom stereocenters. The van der Waals surface area contributed by atoms with Crippen LogP contribution in [0.5, 0.6) is 0 Å². The van der Waals surface area contributed by atoms with Crippen molar-refractivity contribution in [2.45, 2.75) is 18.9 Å². The third-order valence-corrected chi connectivity index (χ3v) is 3.19. The monoisotopic (exact) mass is 233 g/mol. The highest BCUT2D eigenvalue weighted by Crippen LogP contribution is 2.25. The molecule has 1 aromatic rings. The summed E-state index contributed by atoms with van der Waals surface area (Å²) in [6, 6.07) is 8.03. The summed E-state index contributed by atoms with van der Waals surface area (Å²) in [5, 5.41) is 0. The van der Waals surface area contributed by atoms with E-state index in [2.05, 4.69) is 0 Å². The first-order valence-electron chi connectivity index (χ1n) is 5.90. The third-order valence-electron chi connectivity index (χ3n) is 3.19. The van der Waals surface area contributed by atoms with E-state index in [4.69, 9.17) is 5.73 Å². The van der Waals surface area contributed by atoms with Crippen LogP contribution in [0.25, 0.3) is 0 Å². The molecule has 92 valence electrons. The summed E-state index contributed by atoms with van der Waals surface area (Å²) in [4.78, 5) is 15.7. The number of likely N-dealkylation sites (N-methyl/N-ethyl adjacent to an activating group) is 2. The van der Waals surface area contributed by atoms with E-state index in [1.54, 1.807) is 0 Å². The maximum Gasteiger partial charge on any atom is 0.242 e. The smallest absolute Gasteiger partial charge is 0.242 e. The summed E-state index contributed by atoms with van der Waals surface area (Å²) in [5.74, 6) is 0.173. The molecule has 17 heavy (non-hydrogen) atoms. The van der Waals surface area contributed by atoms with Crippen molar-refractivity contribution in [1.29, 1.82) is 0 Å². The molecule has 1 aliphatic rings. The summed E-state index contributed by atoms with van der Waals surface area (Å²) >= 11 is 0. The van der Waals surface area contributed by atoms with Gasteiger partial charge < -0.3 is 15.5 Å². The van der Waals surface area contributed by atoms with Crippen molar-refractivity contribution in [3.63, 3.8) is 0 Å². The minimum absolute atomic E-state index is 0.173. The largest absolute Gasteiger partial charge is 0.399 e. The molecule has 1 aromatic carbocycles. The standard InChI is InChI=1S/C13H19N3O/c1-15(11-5-3-10(14)4-6-11)9-13(17)16(2)12-7-8-12/h3-6,12H,7-9,14H2,1-2H3. The highest BCUT2D eigenvalue weighted by atomic mass is 16.2. The fourth-order valence-corrected chi connectivity index (χ4v) is 1.80. The minimum atomic E-state index is 0.173. The van der Waals surface area contributed by atoms with Crippen LogP contribution in [0.2, 0.25) is 0 Å². The van der Waals surface area contributed by atoms with Crippen LogP contribution < -0.4 is 10.6 Å². The molecule has 2 N–H and O–H groups in total. The number of hydrogen-bond donors (Lipinski definition) is 1. The maximum absolute atomic E-state index is 11.9. The second kappa shape index (κ2) is 4.65. The van der Waals surface area contributed by atoms with Gasteiger partial charge in [-0.25, -0.2) is 0 Å². The van der Waals surface area contributed by atoms with Gasteiger partial charge in [-0.05, 0) is 37.1 Å². The van der Waals surface area contributed by atoms with E-state index >= 15 is 0 Å². The Morgan fingerprint density at radius 3 is 2.41 bits per heavy atom. The lowest BCUT2D eigenvalue weighted by Crippen LogP contribution is -2.37. The molecule has 0 aromatic heterocycles. The van der Waals surface area contributed by atoms with Crippen molar-refractivity contribution in [3.8, 4) is 0 Å². The van der Waals surface area contributed by atoms with E-state index < -0.39 is 0 Å². The molecule has 1 amide bonds. The van der Waals surface area contributed by atoms with E-state index in [1.807, 2.05) is 48.2 Å². The maximum atomic E-state index is 11.9. The number of nitrogen functional groups attached to an aromatic ring is 1. The van der Waals surface area contributed by atoms with Gasteiger partial charge in [0.1, 0.15) is 0 Å². The number of rotatable bonds is 4. The molecule has 0 heterocycles. The predicted molar refractivity (Wildman–Crippen MR) is 69.9 cm³/mol. The fraction of sp³-hybridized carbons (Fsp3) is 0.462. The lowest BCUT2D eigenvalue weighted by Gasteiger charge is -2.23. The van der Waals surface area contributed by atoms with Crippen LogP contribution in [0.1, 0.15) is 12.8 Å². The van der Waals surface area contributed by atoms with Gasteiger partial charge in [-0.3, -0.25) is 4.79 Å². The summed E-state index contributed by atoms with van der Waals surface area (Å²) < 4.78 is 0. The Morgan fingerprint density at radius 1 is 1.29 bits per heavy atom. The van der Waals surface area contributed by atoms with Gasteiger partial charge >= 0.3 is 0 Å². The van der Waals surface area contributed by atoms with Gasteiger partial charge in [-0.1, -0.05) is 0 Å². The SMILES string of the molecule is CN(CC(=O)N(C)C1CC1)c1ccc(N)cc1. The number of nitrogens with zero attached hydrogens (tertiary/aromatic N) is 2. The van der Waals surface area contributed by atoms with Crippen molar-refractivity contribution >= 4 is 17.3 Å². The number of benzene rings is 1.